The molecule has 0 aliphatic carbocycles. The lowest BCUT2D eigenvalue weighted by Gasteiger charge is -2.10. The number of hydrogen-bond acceptors (Lipinski definition) is 5. The number of nitrogens with zero attached hydrogens (tertiary/aromatic N) is 2. The first-order valence-electron chi connectivity index (χ1n) is 3.54. The van der Waals surface area contributed by atoms with Crippen LogP contribution in [0.4, 0.5) is 15.8 Å². The number of aliphatic imine (C=N–C) groups is 1. The summed E-state index contributed by atoms with van der Waals surface area (Å²) in [6, 6.07) is 3.19. The zero-order valence-electron chi connectivity index (χ0n) is 6.92. The van der Waals surface area contributed by atoms with Crippen molar-refractivity contribution in [1.82, 2.24) is 5.48 Å². The van der Waals surface area contributed by atoms with E-state index in [-0.39, 0.29) is 16.6 Å². The van der Waals surface area contributed by atoms with Crippen LogP contribution in [0, 0.1) is 5.82 Å². The second kappa shape index (κ2) is 4.51. The molecule has 0 aliphatic rings. The highest BCUT2D eigenvalue weighted by molar-refractivity contribution is 5.70. The Balaban J connectivity index is 3.08. The zero-order chi connectivity index (χ0) is 10.6. The van der Waals surface area contributed by atoms with Crippen molar-refractivity contribution in [2.75, 3.05) is 5.23 Å². The van der Waals surface area contributed by atoms with Crippen molar-refractivity contribution >= 4 is 17.7 Å². The Bertz CT molecular complexity index is 343. The van der Waals surface area contributed by atoms with Crippen LogP contribution in [-0.4, -0.2) is 22.0 Å². The quantitative estimate of drug-likeness (QED) is 0.333. The van der Waals surface area contributed by atoms with Gasteiger partial charge in [0.25, 0.3) is 0 Å². The number of hydrogen-bond donors (Lipinski definition) is 4. The first kappa shape index (κ1) is 10.4. The molecule has 0 aliphatic heterocycles. The second-order valence-electron chi connectivity index (χ2n) is 2.31. The Morgan fingerprint density at radius 3 is 2.71 bits per heavy atom. The zero-order valence-corrected chi connectivity index (χ0v) is 6.92. The van der Waals surface area contributed by atoms with Crippen LogP contribution < -0.4 is 10.7 Å². The molecule has 1 rings (SSSR count). The third-order valence-corrected chi connectivity index (χ3v) is 1.41. The molecule has 0 saturated carbocycles. The van der Waals surface area contributed by atoms with Crippen LogP contribution in [0.25, 0.3) is 0 Å². The van der Waals surface area contributed by atoms with Crippen molar-refractivity contribution in [3.63, 3.8) is 0 Å². The topological polar surface area (TPSA) is 88.3 Å². The standard InChI is InChI=1S/C7H8FN3O3/c8-5-1-2-6(9-4-10-12)7(3-5)11(13)14/h1-4,12-14H,(H,9,10). The van der Waals surface area contributed by atoms with E-state index in [0.29, 0.717) is 0 Å². The fourth-order valence-corrected chi connectivity index (χ4v) is 0.864. The molecule has 6 nitrogen and oxygen atoms in total. The monoisotopic (exact) mass is 201 g/mol. The molecule has 1 aromatic rings. The van der Waals surface area contributed by atoms with Crippen molar-refractivity contribution in [3.8, 4) is 0 Å². The lowest BCUT2D eigenvalue weighted by Crippen LogP contribution is -2.11. The maximum absolute atomic E-state index is 12.7. The lowest BCUT2D eigenvalue weighted by molar-refractivity contribution is 0.0293. The summed E-state index contributed by atoms with van der Waals surface area (Å²) in [7, 11) is 0. The summed E-state index contributed by atoms with van der Waals surface area (Å²) in [4.78, 5) is 3.57. The van der Waals surface area contributed by atoms with Crippen LogP contribution in [0.1, 0.15) is 0 Å². The SMILES string of the molecule is ONC=Nc1ccc(F)cc1N(O)O. The predicted molar refractivity (Wildman–Crippen MR) is 45.5 cm³/mol. The van der Waals surface area contributed by atoms with Crippen molar-refractivity contribution in [2.45, 2.75) is 0 Å². The van der Waals surface area contributed by atoms with Gasteiger partial charge >= 0.3 is 0 Å². The largest absolute Gasteiger partial charge is 0.290 e. The minimum absolute atomic E-state index is 0.0814. The Hall–Kier alpha value is -1.70. The molecule has 0 radical (unpaired) electrons. The van der Waals surface area contributed by atoms with Crippen LogP contribution in [0.15, 0.2) is 23.2 Å². The minimum Gasteiger partial charge on any atom is -0.290 e. The maximum atomic E-state index is 12.7. The third kappa shape index (κ3) is 2.39. The van der Waals surface area contributed by atoms with Gasteiger partial charge in [-0.05, 0) is 12.1 Å². The molecule has 0 saturated heterocycles. The molecule has 0 spiro atoms. The van der Waals surface area contributed by atoms with Gasteiger partial charge in [-0.15, -0.1) is 5.23 Å². The van der Waals surface area contributed by atoms with E-state index in [9.17, 15) is 4.39 Å². The van der Waals surface area contributed by atoms with Crippen molar-refractivity contribution < 1.29 is 20.0 Å². The maximum Gasteiger partial charge on any atom is 0.125 e. The Kier molecular flexibility index (Phi) is 3.35. The normalized spacial score (nSPS) is 10.6. The highest BCUT2D eigenvalue weighted by atomic mass is 19.1. The van der Waals surface area contributed by atoms with Crippen molar-refractivity contribution in [2.24, 2.45) is 4.99 Å². The summed E-state index contributed by atoms with van der Waals surface area (Å²) in [5, 5.41) is 25.3. The predicted octanol–water partition coefficient (Wildman–Crippen LogP) is 1.05. The Morgan fingerprint density at radius 1 is 1.43 bits per heavy atom. The molecule has 0 amide bonds. The van der Waals surface area contributed by atoms with Gasteiger partial charge in [-0.2, -0.15) is 0 Å². The average molecular weight is 201 g/mol. The number of halogens is 1. The van der Waals surface area contributed by atoms with Gasteiger partial charge in [-0.3, -0.25) is 21.1 Å². The summed E-state index contributed by atoms with van der Waals surface area (Å²) >= 11 is 0. The molecule has 0 atom stereocenters. The molecule has 0 unspecified atom stereocenters. The van der Waals surface area contributed by atoms with Crippen molar-refractivity contribution in [3.05, 3.63) is 24.0 Å². The molecular formula is C7H8FN3O3. The van der Waals surface area contributed by atoms with Gasteiger partial charge < -0.3 is 0 Å². The number of hydroxylamine groups is 1. The van der Waals surface area contributed by atoms with E-state index >= 15 is 0 Å². The highest BCUT2D eigenvalue weighted by Gasteiger charge is 2.07. The first-order chi connectivity index (χ1) is 6.65. The van der Waals surface area contributed by atoms with Crippen molar-refractivity contribution in [1.29, 1.82) is 0 Å². The number of rotatable bonds is 3. The minimum atomic E-state index is -0.635. The van der Waals surface area contributed by atoms with Crippen LogP contribution in [0.3, 0.4) is 0 Å². The number of anilines is 1. The van der Waals surface area contributed by atoms with E-state index in [1.165, 1.54) is 6.07 Å². The van der Waals surface area contributed by atoms with Gasteiger partial charge in [0.15, 0.2) is 0 Å². The summed E-state index contributed by atoms with van der Waals surface area (Å²) in [5.41, 5.74) is 1.47. The fraction of sp³-hybridized carbons (Fsp3) is 0. The molecule has 4 N–H and O–H groups in total. The van der Waals surface area contributed by atoms with E-state index in [4.69, 9.17) is 15.6 Å². The Labute approximate surface area is 78.4 Å². The Morgan fingerprint density at radius 2 is 2.14 bits per heavy atom. The molecule has 0 aromatic heterocycles. The van der Waals surface area contributed by atoms with E-state index < -0.39 is 5.82 Å². The highest BCUT2D eigenvalue weighted by Crippen LogP contribution is 2.27. The van der Waals surface area contributed by atoms with Gasteiger partial charge in [-0.25, -0.2) is 9.38 Å². The van der Waals surface area contributed by atoms with Gasteiger partial charge in [0, 0.05) is 6.07 Å². The fourth-order valence-electron chi connectivity index (χ4n) is 0.864. The van der Waals surface area contributed by atoms with E-state index in [1.54, 1.807) is 5.48 Å². The van der Waals surface area contributed by atoms with Gasteiger partial charge in [0.05, 0.1) is 5.69 Å². The van der Waals surface area contributed by atoms with Gasteiger partial charge in [0.2, 0.25) is 0 Å². The smallest absolute Gasteiger partial charge is 0.125 e. The molecule has 0 bridgehead atoms. The van der Waals surface area contributed by atoms with Crippen LogP contribution >= 0.6 is 0 Å². The summed E-state index contributed by atoms with van der Waals surface area (Å²) in [6.07, 6.45) is 0.903. The first-order valence-corrected chi connectivity index (χ1v) is 3.54. The molecular weight excluding hydrogens is 193 g/mol. The molecule has 76 valence electrons. The van der Waals surface area contributed by atoms with Crippen LogP contribution in [0.2, 0.25) is 0 Å². The molecule has 0 fully saturated rings. The average Bonchev–Trinajstić information content (AvgIpc) is 2.15. The van der Waals surface area contributed by atoms with Crippen LogP contribution in [-0.2, 0) is 0 Å². The summed E-state index contributed by atoms with van der Waals surface area (Å²) in [6.45, 7) is 0. The summed E-state index contributed by atoms with van der Waals surface area (Å²) < 4.78 is 12.7. The van der Waals surface area contributed by atoms with Gasteiger partial charge in [0.1, 0.15) is 17.8 Å². The molecule has 14 heavy (non-hydrogen) atoms. The molecule has 0 heterocycles. The molecule has 7 heteroatoms. The third-order valence-electron chi connectivity index (χ3n) is 1.41. The van der Waals surface area contributed by atoms with Gasteiger partial charge in [-0.1, -0.05) is 0 Å². The number of nitrogens with one attached hydrogen (secondary N) is 1. The summed E-state index contributed by atoms with van der Waals surface area (Å²) in [5.74, 6) is -0.635. The lowest BCUT2D eigenvalue weighted by atomic mass is 10.2. The van der Waals surface area contributed by atoms with E-state index in [1.807, 2.05) is 0 Å². The van der Waals surface area contributed by atoms with Crippen LogP contribution in [0.5, 0.6) is 0 Å². The molecule has 1 aromatic carbocycles. The van der Waals surface area contributed by atoms with E-state index in [0.717, 1.165) is 18.5 Å². The second-order valence-corrected chi connectivity index (χ2v) is 2.31. The van der Waals surface area contributed by atoms with E-state index in [2.05, 4.69) is 4.99 Å². The number of benzene rings is 1.